The lowest BCUT2D eigenvalue weighted by molar-refractivity contribution is -0.384. The van der Waals surface area contributed by atoms with E-state index in [1.165, 1.54) is 6.07 Å². The molecule has 2 N–H and O–H groups in total. The van der Waals surface area contributed by atoms with Gasteiger partial charge in [-0.05, 0) is 61.4 Å². The molecule has 12 heteroatoms. The van der Waals surface area contributed by atoms with Crippen molar-refractivity contribution in [3.63, 3.8) is 0 Å². The Balaban J connectivity index is 1.61. The van der Waals surface area contributed by atoms with Crippen molar-refractivity contribution in [2.45, 2.75) is 44.8 Å². The predicted molar refractivity (Wildman–Crippen MR) is 148 cm³/mol. The first kappa shape index (κ1) is 26.7. The van der Waals surface area contributed by atoms with Crippen LogP contribution in [0.4, 0.5) is 11.4 Å². The number of anilines is 1. The van der Waals surface area contributed by atoms with E-state index >= 15 is 0 Å². The Labute approximate surface area is 231 Å². The van der Waals surface area contributed by atoms with Crippen LogP contribution < -0.4 is 10.6 Å². The number of hydrogen-bond donors (Lipinski definition) is 2. The van der Waals surface area contributed by atoms with Crippen LogP contribution in [0.5, 0.6) is 0 Å². The molecule has 2 fully saturated rings. The zero-order valence-corrected chi connectivity index (χ0v) is 23.8. The van der Waals surface area contributed by atoms with Gasteiger partial charge in [-0.3, -0.25) is 24.7 Å². The third kappa shape index (κ3) is 6.14. The molecule has 36 heavy (non-hydrogen) atoms. The number of hydrogen-bond acceptors (Lipinski definition) is 7. The van der Waals surface area contributed by atoms with Crippen molar-refractivity contribution in [2.75, 3.05) is 31.5 Å². The minimum Gasteiger partial charge on any atom is -0.374 e. The number of nitrogens with one attached hydrogen (secondary N) is 2. The van der Waals surface area contributed by atoms with Crippen LogP contribution in [0.2, 0.25) is 0 Å². The van der Waals surface area contributed by atoms with Crippen molar-refractivity contribution in [2.24, 2.45) is 0 Å². The van der Waals surface area contributed by atoms with Crippen LogP contribution in [0.15, 0.2) is 35.1 Å². The lowest BCUT2D eigenvalue weighted by atomic mass is 10.0. The van der Waals surface area contributed by atoms with E-state index < -0.39 is 4.92 Å². The van der Waals surface area contributed by atoms with Gasteiger partial charge in [0.15, 0.2) is 0 Å². The van der Waals surface area contributed by atoms with Gasteiger partial charge in [-0.25, -0.2) is 0 Å². The normalized spacial score (nSPS) is 22.3. The van der Waals surface area contributed by atoms with Gasteiger partial charge in [-0.15, -0.1) is 0 Å². The highest BCUT2D eigenvalue weighted by Crippen LogP contribution is 2.35. The monoisotopic (exact) mass is 670 g/mol. The maximum absolute atomic E-state index is 13.6. The van der Waals surface area contributed by atoms with Gasteiger partial charge in [0.05, 0.1) is 16.1 Å². The molecule has 3 atom stereocenters. The third-order valence-corrected chi connectivity index (χ3v) is 7.41. The fourth-order valence-corrected chi connectivity index (χ4v) is 5.86. The SMILES string of the molecule is C[C@@H]1CN(C(=O)c2cc(Br)cc([N+](=O)[O-])c2N[C@@H]2CCCN(C(=O)c3cncc(I)c3)C2)C[C@H](C)N1. The second kappa shape index (κ2) is 11.4. The summed E-state index contributed by atoms with van der Waals surface area (Å²) in [7, 11) is 0. The molecule has 1 aromatic carbocycles. The van der Waals surface area contributed by atoms with Crippen molar-refractivity contribution in [3.8, 4) is 0 Å². The lowest BCUT2D eigenvalue weighted by Gasteiger charge is -2.37. The second-order valence-corrected chi connectivity index (χ2v) is 11.6. The number of halogens is 2. The van der Waals surface area contributed by atoms with Gasteiger partial charge in [0.2, 0.25) is 0 Å². The Morgan fingerprint density at radius 1 is 1.14 bits per heavy atom. The van der Waals surface area contributed by atoms with Gasteiger partial charge in [0.25, 0.3) is 17.5 Å². The lowest BCUT2D eigenvalue weighted by Crippen LogP contribution is -2.56. The number of nitro benzene ring substituents is 1. The smallest absolute Gasteiger partial charge is 0.294 e. The summed E-state index contributed by atoms with van der Waals surface area (Å²) in [6.07, 6.45) is 4.69. The van der Waals surface area contributed by atoms with Crippen LogP contribution in [0.25, 0.3) is 0 Å². The molecule has 3 heterocycles. The highest BCUT2D eigenvalue weighted by atomic mass is 127. The molecule has 0 unspecified atom stereocenters. The zero-order chi connectivity index (χ0) is 26.0. The molecule has 2 aliphatic heterocycles. The van der Waals surface area contributed by atoms with Crippen molar-refractivity contribution in [1.82, 2.24) is 20.1 Å². The maximum Gasteiger partial charge on any atom is 0.294 e. The van der Waals surface area contributed by atoms with Gasteiger partial charge >= 0.3 is 0 Å². The number of carbonyl (C=O) groups is 2. The first-order valence-corrected chi connectivity index (χ1v) is 13.7. The Morgan fingerprint density at radius 2 is 1.86 bits per heavy atom. The number of benzene rings is 1. The quantitative estimate of drug-likeness (QED) is 0.281. The van der Waals surface area contributed by atoms with E-state index in [-0.39, 0.29) is 46.9 Å². The van der Waals surface area contributed by atoms with Gasteiger partial charge in [0, 0.05) is 70.8 Å². The van der Waals surface area contributed by atoms with Crippen LogP contribution in [0, 0.1) is 13.7 Å². The van der Waals surface area contributed by atoms with E-state index in [4.69, 9.17) is 0 Å². The van der Waals surface area contributed by atoms with Crippen LogP contribution in [-0.2, 0) is 0 Å². The number of piperidine rings is 1. The Bertz CT molecular complexity index is 1170. The molecular formula is C24H28BrIN6O4. The third-order valence-electron chi connectivity index (χ3n) is 6.36. The van der Waals surface area contributed by atoms with Crippen molar-refractivity contribution < 1.29 is 14.5 Å². The molecule has 0 aliphatic carbocycles. The Morgan fingerprint density at radius 3 is 2.53 bits per heavy atom. The number of piperazine rings is 1. The number of pyridine rings is 1. The maximum atomic E-state index is 13.6. The van der Waals surface area contributed by atoms with Gasteiger partial charge < -0.3 is 20.4 Å². The Hall–Kier alpha value is -2.32. The van der Waals surface area contributed by atoms with Crippen molar-refractivity contribution in [3.05, 3.63) is 59.9 Å². The van der Waals surface area contributed by atoms with E-state index in [1.54, 1.807) is 34.3 Å². The molecule has 2 aliphatic rings. The highest BCUT2D eigenvalue weighted by molar-refractivity contribution is 14.1. The molecule has 10 nitrogen and oxygen atoms in total. The zero-order valence-electron chi connectivity index (χ0n) is 20.0. The second-order valence-electron chi connectivity index (χ2n) is 9.41. The van der Waals surface area contributed by atoms with E-state index in [9.17, 15) is 19.7 Å². The summed E-state index contributed by atoms with van der Waals surface area (Å²) in [6.45, 7) is 6.00. The van der Waals surface area contributed by atoms with E-state index in [0.29, 0.717) is 36.2 Å². The minimum atomic E-state index is -0.476. The number of likely N-dealkylation sites (tertiary alicyclic amines) is 1. The van der Waals surface area contributed by atoms with Crippen LogP contribution in [-0.4, -0.2) is 75.8 Å². The molecule has 4 rings (SSSR count). The van der Waals surface area contributed by atoms with Crippen molar-refractivity contribution >= 4 is 61.7 Å². The van der Waals surface area contributed by atoms with Crippen LogP contribution in [0.3, 0.4) is 0 Å². The summed E-state index contributed by atoms with van der Waals surface area (Å²) in [4.78, 5) is 45.8. The highest BCUT2D eigenvalue weighted by Gasteiger charge is 2.33. The topological polar surface area (TPSA) is 121 Å². The average Bonchev–Trinajstić information content (AvgIpc) is 2.83. The number of amides is 2. The summed E-state index contributed by atoms with van der Waals surface area (Å²) in [5.74, 6) is -0.381. The number of nitro groups is 1. The fraction of sp³-hybridized carbons (Fsp3) is 0.458. The Kier molecular flexibility index (Phi) is 8.45. The number of aromatic nitrogens is 1. The first-order chi connectivity index (χ1) is 17.1. The molecule has 2 saturated heterocycles. The molecule has 2 amide bonds. The predicted octanol–water partition coefficient (Wildman–Crippen LogP) is 3.90. The largest absolute Gasteiger partial charge is 0.374 e. The molecular weight excluding hydrogens is 643 g/mol. The van der Waals surface area contributed by atoms with Crippen molar-refractivity contribution in [1.29, 1.82) is 0 Å². The summed E-state index contributed by atoms with van der Waals surface area (Å²) < 4.78 is 1.33. The molecule has 0 saturated carbocycles. The number of carbonyl (C=O) groups excluding carboxylic acids is 2. The average molecular weight is 671 g/mol. The van der Waals surface area contributed by atoms with Gasteiger partial charge in [-0.1, -0.05) is 15.9 Å². The summed E-state index contributed by atoms with van der Waals surface area (Å²) >= 11 is 5.46. The van der Waals surface area contributed by atoms with E-state index in [2.05, 4.69) is 54.1 Å². The minimum absolute atomic E-state index is 0.115. The van der Waals surface area contributed by atoms with E-state index in [1.807, 2.05) is 13.8 Å². The molecule has 192 valence electrons. The van der Waals surface area contributed by atoms with E-state index in [0.717, 1.165) is 16.4 Å². The first-order valence-electron chi connectivity index (χ1n) is 11.8. The van der Waals surface area contributed by atoms with Gasteiger partial charge in [0.1, 0.15) is 5.69 Å². The van der Waals surface area contributed by atoms with Crippen LogP contribution in [0.1, 0.15) is 47.4 Å². The summed E-state index contributed by atoms with van der Waals surface area (Å²) in [6, 6.07) is 4.82. The molecule has 0 radical (unpaired) electrons. The number of nitrogens with zero attached hydrogens (tertiary/aromatic N) is 4. The molecule has 1 aromatic heterocycles. The standard InChI is InChI=1S/C24H28BrIN6O4/c1-14-11-31(12-15(2)28-14)24(34)20-7-17(25)8-21(32(35)36)22(20)29-19-4-3-5-30(13-19)23(33)16-6-18(26)10-27-9-16/h6-10,14-15,19,28-29H,3-5,11-13H2,1-2H3/t14-,15+,19-/m1/s1. The molecule has 0 bridgehead atoms. The van der Waals surface area contributed by atoms with Gasteiger partial charge in [-0.2, -0.15) is 0 Å². The van der Waals surface area contributed by atoms with Crippen LogP contribution >= 0.6 is 38.5 Å². The fourth-order valence-electron chi connectivity index (χ4n) is 4.91. The molecule has 0 spiro atoms. The molecule has 2 aromatic rings. The summed E-state index contributed by atoms with van der Waals surface area (Å²) in [5.41, 5.74) is 0.786. The number of rotatable bonds is 5. The summed E-state index contributed by atoms with van der Waals surface area (Å²) in [5, 5.41) is 18.7.